The first kappa shape index (κ1) is 20.4. The van der Waals surface area contributed by atoms with Crippen molar-refractivity contribution in [1.82, 2.24) is 10.2 Å². The van der Waals surface area contributed by atoms with Crippen LogP contribution in [-0.2, 0) is 16.0 Å². The summed E-state index contributed by atoms with van der Waals surface area (Å²) in [6.45, 7) is 6.11. The van der Waals surface area contributed by atoms with Gasteiger partial charge in [-0.2, -0.15) is 0 Å². The Hall–Kier alpha value is -1.88. The summed E-state index contributed by atoms with van der Waals surface area (Å²) in [5.41, 5.74) is 1.11. The average Bonchev–Trinajstić information content (AvgIpc) is 2.61. The van der Waals surface area contributed by atoms with Gasteiger partial charge in [0.2, 0.25) is 5.91 Å². The van der Waals surface area contributed by atoms with Gasteiger partial charge < -0.3 is 10.4 Å². The third-order valence-corrected chi connectivity index (χ3v) is 5.06. The van der Waals surface area contributed by atoms with Gasteiger partial charge in [-0.05, 0) is 50.3 Å². The minimum Gasteiger partial charge on any atom is -0.481 e. The summed E-state index contributed by atoms with van der Waals surface area (Å²) in [6, 6.07) is 9.63. The molecule has 26 heavy (non-hydrogen) atoms. The van der Waals surface area contributed by atoms with E-state index in [9.17, 15) is 9.59 Å². The smallest absolute Gasteiger partial charge is 0.303 e. The Balaban J connectivity index is 2.05. The summed E-state index contributed by atoms with van der Waals surface area (Å²) >= 11 is 0. The van der Waals surface area contributed by atoms with Crippen LogP contribution in [0.25, 0.3) is 0 Å². The van der Waals surface area contributed by atoms with E-state index in [1.165, 1.54) is 6.42 Å². The number of hydrogen-bond acceptors (Lipinski definition) is 3. The Bertz CT molecular complexity index is 568. The van der Waals surface area contributed by atoms with Gasteiger partial charge in [0, 0.05) is 12.5 Å². The van der Waals surface area contributed by atoms with E-state index in [2.05, 4.69) is 24.1 Å². The topological polar surface area (TPSA) is 69.6 Å². The number of nitrogens with one attached hydrogen (secondary N) is 1. The van der Waals surface area contributed by atoms with Crippen molar-refractivity contribution in [2.45, 2.75) is 64.5 Å². The summed E-state index contributed by atoms with van der Waals surface area (Å²) in [5, 5.41) is 12.2. The zero-order chi connectivity index (χ0) is 18.9. The molecule has 2 atom stereocenters. The van der Waals surface area contributed by atoms with Gasteiger partial charge in [-0.3, -0.25) is 14.5 Å². The lowest BCUT2D eigenvalue weighted by atomic mass is 9.96. The van der Waals surface area contributed by atoms with Crippen LogP contribution in [0.5, 0.6) is 0 Å². The average molecular weight is 360 g/mol. The molecule has 1 aliphatic rings. The highest BCUT2D eigenvalue weighted by Gasteiger charge is 2.31. The number of amides is 1. The van der Waals surface area contributed by atoms with Crippen LogP contribution in [0.1, 0.15) is 51.5 Å². The van der Waals surface area contributed by atoms with E-state index < -0.39 is 5.97 Å². The molecular formula is C21H32N2O3. The maximum Gasteiger partial charge on any atom is 0.303 e. The van der Waals surface area contributed by atoms with Crippen LogP contribution in [0, 0.1) is 5.92 Å². The molecule has 2 N–H and O–H groups in total. The number of piperidine rings is 1. The number of carbonyl (C=O) groups excluding carboxylic acids is 1. The maximum atomic E-state index is 13.0. The van der Waals surface area contributed by atoms with Gasteiger partial charge in [-0.1, -0.05) is 50.6 Å². The van der Waals surface area contributed by atoms with E-state index in [1.54, 1.807) is 0 Å². The summed E-state index contributed by atoms with van der Waals surface area (Å²) in [5.74, 6) is -0.563. The second-order valence-electron chi connectivity index (χ2n) is 7.61. The number of carboxylic acids is 1. The van der Waals surface area contributed by atoms with Gasteiger partial charge in [0.05, 0.1) is 6.04 Å². The number of nitrogens with zero attached hydrogens (tertiary/aromatic N) is 1. The van der Waals surface area contributed by atoms with E-state index >= 15 is 0 Å². The van der Waals surface area contributed by atoms with Gasteiger partial charge >= 0.3 is 5.97 Å². The van der Waals surface area contributed by atoms with Crippen molar-refractivity contribution in [3.8, 4) is 0 Å². The van der Waals surface area contributed by atoms with Gasteiger partial charge in [0.15, 0.2) is 0 Å². The SMILES string of the molecule is CC(C)C(C(=O)NC(CCC(=O)O)Cc1ccccc1)N1CCCCC1. The summed E-state index contributed by atoms with van der Waals surface area (Å²) in [6.07, 6.45) is 4.68. The molecule has 144 valence electrons. The first-order chi connectivity index (χ1) is 12.5. The molecule has 0 radical (unpaired) electrons. The van der Waals surface area contributed by atoms with Gasteiger partial charge in [0.25, 0.3) is 0 Å². The highest BCUT2D eigenvalue weighted by molar-refractivity contribution is 5.82. The molecule has 1 aromatic carbocycles. The molecule has 1 saturated heterocycles. The number of carbonyl (C=O) groups is 2. The third kappa shape index (κ3) is 6.45. The molecule has 0 bridgehead atoms. The molecule has 2 rings (SSSR count). The van der Waals surface area contributed by atoms with Crippen LogP contribution in [0.3, 0.4) is 0 Å². The van der Waals surface area contributed by atoms with Crippen LogP contribution < -0.4 is 5.32 Å². The summed E-state index contributed by atoms with van der Waals surface area (Å²) in [7, 11) is 0. The number of hydrogen-bond donors (Lipinski definition) is 2. The standard InChI is InChI=1S/C21H32N2O3/c1-16(2)20(23-13-7-4-8-14-23)21(26)22-18(11-12-19(24)25)15-17-9-5-3-6-10-17/h3,5-6,9-10,16,18,20H,4,7-8,11-15H2,1-2H3,(H,22,26)(H,24,25). The molecule has 0 aromatic heterocycles. The van der Waals surface area contributed by atoms with E-state index in [0.717, 1.165) is 31.5 Å². The van der Waals surface area contributed by atoms with Crippen LogP contribution in [0.4, 0.5) is 0 Å². The Labute approximate surface area is 156 Å². The highest BCUT2D eigenvalue weighted by Crippen LogP contribution is 2.18. The van der Waals surface area contributed by atoms with Gasteiger partial charge in [-0.15, -0.1) is 0 Å². The fourth-order valence-corrected chi connectivity index (χ4v) is 3.79. The number of likely N-dealkylation sites (tertiary alicyclic amines) is 1. The molecule has 0 saturated carbocycles. The van der Waals surface area contributed by atoms with Crippen LogP contribution in [0.15, 0.2) is 30.3 Å². The second-order valence-corrected chi connectivity index (χ2v) is 7.61. The van der Waals surface area contributed by atoms with Crippen molar-refractivity contribution in [2.75, 3.05) is 13.1 Å². The lowest BCUT2D eigenvalue weighted by Gasteiger charge is -2.36. The first-order valence-corrected chi connectivity index (χ1v) is 9.77. The largest absolute Gasteiger partial charge is 0.481 e. The Morgan fingerprint density at radius 2 is 1.77 bits per heavy atom. The molecule has 1 aromatic rings. The van der Waals surface area contributed by atoms with E-state index in [1.807, 2.05) is 30.3 Å². The Kier molecular flexibility index (Phi) is 8.10. The summed E-state index contributed by atoms with van der Waals surface area (Å²) < 4.78 is 0. The summed E-state index contributed by atoms with van der Waals surface area (Å²) in [4.78, 5) is 26.3. The molecule has 1 fully saturated rings. The number of aliphatic carboxylic acids is 1. The van der Waals surface area contributed by atoms with Crippen molar-refractivity contribution < 1.29 is 14.7 Å². The lowest BCUT2D eigenvalue weighted by molar-refractivity contribution is -0.137. The van der Waals surface area contributed by atoms with Crippen molar-refractivity contribution in [1.29, 1.82) is 0 Å². The quantitative estimate of drug-likeness (QED) is 0.710. The van der Waals surface area contributed by atoms with Crippen LogP contribution in [0.2, 0.25) is 0 Å². The van der Waals surface area contributed by atoms with Crippen LogP contribution in [-0.4, -0.2) is 47.1 Å². The Morgan fingerprint density at radius 3 is 2.35 bits per heavy atom. The normalized spacial score (nSPS) is 17.7. The van der Waals surface area contributed by atoms with Crippen LogP contribution >= 0.6 is 0 Å². The molecule has 5 nitrogen and oxygen atoms in total. The van der Waals surface area contributed by atoms with Crippen molar-refractivity contribution in [2.24, 2.45) is 5.92 Å². The molecule has 1 aliphatic heterocycles. The number of rotatable bonds is 9. The van der Waals surface area contributed by atoms with E-state index in [0.29, 0.717) is 12.8 Å². The molecule has 1 heterocycles. The van der Waals surface area contributed by atoms with Gasteiger partial charge in [-0.25, -0.2) is 0 Å². The zero-order valence-corrected chi connectivity index (χ0v) is 16.0. The predicted molar refractivity (Wildman–Crippen MR) is 103 cm³/mol. The minimum absolute atomic E-state index is 0.0354. The Morgan fingerprint density at radius 1 is 1.12 bits per heavy atom. The fourth-order valence-electron chi connectivity index (χ4n) is 3.79. The molecular weight excluding hydrogens is 328 g/mol. The van der Waals surface area contributed by atoms with E-state index in [-0.39, 0.29) is 30.3 Å². The maximum absolute atomic E-state index is 13.0. The third-order valence-electron chi connectivity index (χ3n) is 5.06. The fraction of sp³-hybridized carbons (Fsp3) is 0.619. The highest BCUT2D eigenvalue weighted by atomic mass is 16.4. The molecule has 2 unspecified atom stereocenters. The van der Waals surface area contributed by atoms with E-state index in [4.69, 9.17) is 5.11 Å². The predicted octanol–water partition coefficient (Wildman–Crippen LogP) is 3.09. The second kappa shape index (κ2) is 10.3. The zero-order valence-electron chi connectivity index (χ0n) is 16.0. The molecule has 0 spiro atoms. The minimum atomic E-state index is -0.825. The van der Waals surface area contributed by atoms with Crippen molar-refractivity contribution in [3.63, 3.8) is 0 Å². The lowest BCUT2D eigenvalue weighted by Crippen LogP contribution is -2.54. The number of benzene rings is 1. The van der Waals surface area contributed by atoms with Crippen molar-refractivity contribution >= 4 is 11.9 Å². The van der Waals surface area contributed by atoms with Gasteiger partial charge in [0.1, 0.15) is 0 Å². The molecule has 5 heteroatoms. The molecule has 1 amide bonds. The first-order valence-electron chi connectivity index (χ1n) is 9.77. The molecule has 0 aliphatic carbocycles. The number of carboxylic acid groups (broad SMARTS) is 1. The monoisotopic (exact) mass is 360 g/mol. The van der Waals surface area contributed by atoms with Crippen molar-refractivity contribution in [3.05, 3.63) is 35.9 Å².